The van der Waals surface area contributed by atoms with E-state index >= 15 is 0 Å². The molecule has 118 valence electrons. The maximum atomic E-state index is 12.9. The fourth-order valence-electron chi connectivity index (χ4n) is 2.58. The summed E-state index contributed by atoms with van der Waals surface area (Å²) in [6, 6.07) is 2.51. The summed E-state index contributed by atoms with van der Waals surface area (Å²) in [7, 11) is -2.36. The Hall–Kier alpha value is -0.830. The molecule has 6 nitrogen and oxygen atoms in total. The van der Waals surface area contributed by atoms with Gasteiger partial charge in [-0.15, -0.1) is 0 Å². The van der Waals surface area contributed by atoms with E-state index < -0.39 is 16.1 Å². The molecule has 0 aliphatic carbocycles. The van der Waals surface area contributed by atoms with E-state index in [-0.39, 0.29) is 23.2 Å². The third-order valence-electron chi connectivity index (χ3n) is 3.89. The molecule has 0 spiro atoms. The molecule has 1 heterocycles. The lowest BCUT2D eigenvalue weighted by molar-refractivity contribution is 0.191. The van der Waals surface area contributed by atoms with Crippen LogP contribution in [0.2, 0.25) is 0 Å². The number of hydrogen-bond donors (Lipinski definition) is 2. The van der Waals surface area contributed by atoms with Crippen molar-refractivity contribution in [1.29, 1.82) is 0 Å². The van der Waals surface area contributed by atoms with Crippen molar-refractivity contribution in [3.05, 3.63) is 16.6 Å². The average molecular weight is 379 g/mol. The van der Waals surface area contributed by atoms with Crippen LogP contribution in [-0.2, 0) is 10.0 Å². The third kappa shape index (κ3) is 2.90. The number of rotatable bonds is 4. The Morgan fingerprint density at radius 3 is 2.76 bits per heavy atom. The van der Waals surface area contributed by atoms with Crippen LogP contribution in [0.5, 0.6) is 5.75 Å². The maximum absolute atomic E-state index is 12.9. The second kappa shape index (κ2) is 6.12. The minimum Gasteiger partial charge on any atom is -0.495 e. The highest BCUT2D eigenvalue weighted by Crippen LogP contribution is 2.37. The predicted molar refractivity (Wildman–Crippen MR) is 83.7 cm³/mol. The first kappa shape index (κ1) is 16.5. The predicted octanol–water partition coefficient (Wildman–Crippen LogP) is 1.43. The zero-order valence-electron chi connectivity index (χ0n) is 11.9. The normalized spacial score (nSPS) is 23.4. The van der Waals surface area contributed by atoms with Gasteiger partial charge >= 0.3 is 0 Å². The largest absolute Gasteiger partial charge is 0.495 e. The number of ether oxygens (including phenoxy) is 1. The summed E-state index contributed by atoms with van der Waals surface area (Å²) in [6.07, 6.45) is 0.721. The monoisotopic (exact) mass is 378 g/mol. The number of methoxy groups -OCH3 is 1. The van der Waals surface area contributed by atoms with Gasteiger partial charge in [-0.05, 0) is 40.4 Å². The number of nitrogens with two attached hydrogens (primary N) is 1. The Balaban J connectivity index is 2.52. The molecule has 1 aromatic rings. The van der Waals surface area contributed by atoms with Crippen molar-refractivity contribution in [3.63, 3.8) is 0 Å². The first-order chi connectivity index (χ1) is 9.82. The van der Waals surface area contributed by atoms with Crippen LogP contribution in [0.1, 0.15) is 13.3 Å². The van der Waals surface area contributed by atoms with Gasteiger partial charge in [0.2, 0.25) is 10.0 Å². The first-order valence-electron chi connectivity index (χ1n) is 6.58. The molecule has 0 aromatic heterocycles. The van der Waals surface area contributed by atoms with Crippen molar-refractivity contribution in [2.45, 2.75) is 24.3 Å². The lowest BCUT2D eigenvalue weighted by atomic mass is 10.0. The van der Waals surface area contributed by atoms with E-state index in [0.717, 1.165) is 6.42 Å². The quantitative estimate of drug-likeness (QED) is 0.773. The molecule has 2 atom stereocenters. The fraction of sp³-hybridized carbons (Fsp3) is 0.538. The maximum Gasteiger partial charge on any atom is 0.247 e. The van der Waals surface area contributed by atoms with E-state index in [9.17, 15) is 13.5 Å². The average Bonchev–Trinajstić information content (AvgIpc) is 2.82. The summed E-state index contributed by atoms with van der Waals surface area (Å²) < 4.78 is 32.8. The van der Waals surface area contributed by atoms with Crippen molar-refractivity contribution in [2.24, 2.45) is 5.92 Å². The van der Waals surface area contributed by atoms with E-state index in [4.69, 9.17) is 10.5 Å². The van der Waals surface area contributed by atoms with Crippen LogP contribution in [0.3, 0.4) is 0 Å². The molecule has 1 saturated heterocycles. The van der Waals surface area contributed by atoms with Crippen LogP contribution in [0, 0.1) is 5.92 Å². The number of hydrogen-bond acceptors (Lipinski definition) is 5. The highest BCUT2D eigenvalue weighted by molar-refractivity contribution is 9.10. The topological polar surface area (TPSA) is 92.9 Å². The number of nitrogen functional groups attached to an aromatic ring is 1. The summed E-state index contributed by atoms with van der Waals surface area (Å²) in [5.74, 6) is 0.343. The van der Waals surface area contributed by atoms with Gasteiger partial charge in [0.1, 0.15) is 10.6 Å². The van der Waals surface area contributed by atoms with Gasteiger partial charge in [-0.3, -0.25) is 0 Å². The lowest BCUT2D eigenvalue weighted by Crippen LogP contribution is -2.39. The Morgan fingerprint density at radius 2 is 2.19 bits per heavy atom. The molecule has 1 aliphatic heterocycles. The zero-order chi connectivity index (χ0) is 15.8. The highest BCUT2D eigenvalue weighted by Gasteiger charge is 2.40. The molecule has 1 fully saturated rings. The number of nitrogens with zero attached hydrogens (tertiary/aromatic N) is 1. The number of aliphatic hydroxyl groups excluding tert-OH is 1. The van der Waals surface area contributed by atoms with Gasteiger partial charge in [0.05, 0.1) is 19.8 Å². The summed E-state index contributed by atoms with van der Waals surface area (Å²) in [5, 5.41) is 9.47. The SMILES string of the molecule is COc1cc(Br)c(N)cc1S(=O)(=O)N1CCC(C)C1CO. The van der Waals surface area contributed by atoms with Crippen molar-refractivity contribution < 1.29 is 18.3 Å². The molecular formula is C13H19BrN2O4S. The number of benzene rings is 1. The minimum atomic E-state index is -3.77. The smallest absolute Gasteiger partial charge is 0.247 e. The summed E-state index contributed by atoms with van der Waals surface area (Å²) in [5.41, 5.74) is 6.12. The Bertz CT molecular complexity index is 635. The van der Waals surface area contributed by atoms with E-state index in [1.54, 1.807) is 0 Å². The van der Waals surface area contributed by atoms with Gasteiger partial charge in [-0.25, -0.2) is 8.42 Å². The van der Waals surface area contributed by atoms with Crippen molar-refractivity contribution in [1.82, 2.24) is 4.31 Å². The van der Waals surface area contributed by atoms with E-state index in [2.05, 4.69) is 15.9 Å². The first-order valence-corrected chi connectivity index (χ1v) is 8.82. The number of anilines is 1. The molecule has 2 rings (SSSR count). The highest BCUT2D eigenvalue weighted by atomic mass is 79.9. The van der Waals surface area contributed by atoms with Crippen molar-refractivity contribution in [3.8, 4) is 5.75 Å². The zero-order valence-corrected chi connectivity index (χ0v) is 14.3. The van der Waals surface area contributed by atoms with E-state index in [1.807, 2.05) is 6.92 Å². The number of sulfonamides is 1. The molecule has 1 aromatic carbocycles. The molecular weight excluding hydrogens is 360 g/mol. The van der Waals surface area contributed by atoms with Gasteiger partial charge < -0.3 is 15.6 Å². The van der Waals surface area contributed by atoms with E-state index in [1.165, 1.54) is 23.5 Å². The fourth-order valence-corrected chi connectivity index (χ4v) is 4.80. The number of halogens is 1. The molecule has 21 heavy (non-hydrogen) atoms. The standard InChI is InChI=1S/C13H19BrN2O4S/c1-8-3-4-16(11(8)7-17)21(18,19)13-6-10(15)9(14)5-12(13)20-2/h5-6,8,11,17H,3-4,7,15H2,1-2H3. The summed E-state index contributed by atoms with van der Waals surface area (Å²) in [4.78, 5) is 0.0262. The van der Waals surface area contributed by atoms with Crippen LogP contribution in [0.4, 0.5) is 5.69 Å². The Morgan fingerprint density at radius 1 is 1.52 bits per heavy atom. The molecule has 0 amide bonds. The van der Waals surface area contributed by atoms with Crippen LogP contribution >= 0.6 is 15.9 Å². The van der Waals surface area contributed by atoms with Gasteiger partial charge in [-0.2, -0.15) is 4.31 Å². The minimum absolute atomic E-state index is 0.0262. The van der Waals surface area contributed by atoms with Crippen molar-refractivity contribution in [2.75, 3.05) is 26.0 Å². The van der Waals surface area contributed by atoms with E-state index in [0.29, 0.717) is 16.7 Å². The van der Waals surface area contributed by atoms with Gasteiger partial charge in [0.25, 0.3) is 0 Å². The van der Waals surface area contributed by atoms with Gasteiger partial charge in [0, 0.05) is 16.7 Å². The van der Waals surface area contributed by atoms with Crippen LogP contribution < -0.4 is 10.5 Å². The molecule has 0 bridgehead atoms. The second-order valence-corrected chi connectivity index (χ2v) is 7.87. The molecule has 1 aliphatic rings. The van der Waals surface area contributed by atoms with Crippen LogP contribution in [0.15, 0.2) is 21.5 Å². The van der Waals surface area contributed by atoms with Gasteiger partial charge in [0.15, 0.2) is 0 Å². The number of aliphatic hydroxyl groups is 1. The Kier molecular flexibility index (Phi) is 4.82. The van der Waals surface area contributed by atoms with Gasteiger partial charge in [-0.1, -0.05) is 6.92 Å². The Labute approximate surface area is 133 Å². The molecule has 2 unspecified atom stereocenters. The second-order valence-electron chi connectivity index (χ2n) is 5.16. The lowest BCUT2D eigenvalue weighted by Gasteiger charge is -2.25. The molecule has 0 radical (unpaired) electrons. The molecule has 3 N–H and O–H groups in total. The summed E-state index contributed by atoms with van der Waals surface area (Å²) >= 11 is 3.25. The van der Waals surface area contributed by atoms with Crippen LogP contribution in [0.25, 0.3) is 0 Å². The third-order valence-corrected chi connectivity index (χ3v) is 6.52. The van der Waals surface area contributed by atoms with Crippen LogP contribution in [-0.4, -0.2) is 44.1 Å². The van der Waals surface area contributed by atoms with Crippen molar-refractivity contribution >= 4 is 31.6 Å². The molecule has 0 saturated carbocycles. The summed E-state index contributed by atoms with van der Waals surface area (Å²) in [6.45, 7) is 2.12. The molecule has 8 heteroatoms.